The Morgan fingerprint density at radius 1 is 1.35 bits per heavy atom. The summed E-state index contributed by atoms with van der Waals surface area (Å²) < 4.78 is 34.5. The Morgan fingerprint density at radius 3 is 2.80 bits per heavy atom. The summed E-state index contributed by atoms with van der Waals surface area (Å²) in [6.07, 6.45) is -4.64. The topological polar surface area (TPSA) is 68.4 Å². The maximum atomic E-state index is 12.2. The van der Waals surface area contributed by atoms with E-state index in [0.717, 1.165) is 5.56 Å². The molecule has 0 aliphatic rings. The monoisotopic (exact) mass is 284 g/mol. The third kappa shape index (κ3) is 3.51. The molecule has 0 radical (unpaired) electrons. The van der Waals surface area contributed by atoms with E-state index in [4.69, 9.17) is 14.4 Å². The van der Waals surface area contributed by atoms with Crippen LogP contribution in [0.5, 0.6) is 5.75 Å². The standard InChI is InChI=1S/C13H14F2N2O3/c1-19-10-5-3-2-4-8(10)6-11-16-12(20-17-11)7-9(18)13(14)15/h2-5,9,13,18H,6-7H2,1H3. The molecule has 0 saturated carbocycles. The molecule has 0 fully saturated rings. The molecule has 5 nitrogen and oxygen atoms in total. The van der Waals surface area contributed by atoms with Gasteiger partial charge in [0.2, 0.25) is 5.89 Å². The summed E-state index contributed by atoms with van der Waals surface area (Å²) in [6, 6.07) is 7.34. The Balaban J connectivity index is 2.06. The molecule has 7 heteroatoms. The van der Waals surface area contributed by atoms with Gasteiger partial charge in [0.25, 0.3) is 6.43 Å². The number of hydrogen-bond acceptors (Lipinski definition) is 5. The van der Waals surface area contributed by atoms with E-state index in [1.165, 1.54) is 0 Å². The number of aliphatic hydroxyl groups excluding tert-OH is 1. The zero-order valence-electron chi connectivity index (χ0n) is 10.8. The van der Waals surface area contributed by atoms with E-state index in [-0.39, 0.29) is 12.3 Å². The van der Waals surface area contributed by atoms with E-state index in [1.807, 2.05) is 18.2 Å². The molecule has 0 aliphatic heterocycles. The van der Waals surface area contributed by atoms with Crippen molar-refractivity contribution in [3.63, 3.8) is 0 Å². The highest BCUT2D eigenvalue weighted by Crippen LogP contribution is 2.20. The predicted molar refractivity (Wildman–Crippen MR) is 65.8 cm³/mol. The minimum atomic E-state index is -2.83. The lowest BCUT2D eigenvalue weighted by molar-refractivity contribution is -0.00754. The average molecular weight is 284 g/mol. The van der Waals surface area contributed by atoms with Gasteiger partial charge in [-0.25, -0.2) is 8.78 Å². The largest absolute Gasteiger partial charge is 0.496 e. The molecule has 1 atom stereocenters. The molecule has 0 bridgehead atoms. The fraction of sp³-hybridized carbons (Fsp3) is 0.385. The number of rotatable bonds is 6. The van der Waals surface area contributed by atoms with Crippen LogP contribution in [0.3, 0.4) is 0 Å². The second kappa shape index (κ2) is 6.42. The quantitative estimate of drug-likeness (QED) is 0.876. The molecule has 1 N–H and O–H groups in total. The fourth-order valence-electron chi connectivity index (χ4n) is 1.73. The van der Waals surface area contributed by atoms with Crippen molar-refractivity contribution in [3.05, 3.63) is 41.5 Å². The molecule has 2 rings (SSSR count). The van der Waals surface area contributed by atoms with Crippen molar-refractivity contribution in [2.24, 2.45) is 0 Å². The molecule has 1 heterocycles. The van der Waals surface area contributed by atoms with Crippen LogP contribution in [0.4, 0.5) is 8.78 Å². The molecule has 0 saturated heterocycles. The lowest BCUT2D eigenvalue weighted by Crippen LogP contribution is -2.20. The maximum absolute atomic E-state index is 12.2. The number of benzene rings is 1. The van der Waals surface area contributed by atoms with Gasteiger partial charge < -0.3 is 14.4 Å². The van der Waals surface area contributed by atoms with Gasteiger partial charge in [-0.15, -0.1) is 0 Å². The first-order chi connectivity index (χ1) is 9.60. The van der Waals surface area contributed by atoms with E-state index in [2.05, 4.69) is 10.1 Å². The number of halogens is 2. The first kappa shape index (κ1) is 14.4. The highest BCUT2D eigenvalue weighted by atomic mass is 19.3. The minimum absolute atomic E-state index is 0.0114. The van der Waals surface area contributed by atoms with E-state index < -0.39 is 12.5 Å². The van der Waals surface area contributed by atoms with Crippen molar-refractivity contribution in [1.82, 2.24) is 10.1 Å². The average Bonchev–Trinajstić information content (AvgIpc) is 2.86. The first-order valence-corrected chi connectivity index (χ1v) is 5.99. The van der Waals surface area contributed by atoms with Gasteiger partial charge in [0.1, 0.15) is 11.9 Å². The molecule has 108 valence electrons. The third-order valence-electron chi connectivity index (χ3n) is 2.73. The molecule has 0 spiro atoms. The maximum Gasteiger partial charge on any atom is 0.264 e. The second-order valence-corrected chi connectivity index (χ2v) is 4.20. The van der Waals surface area contributed by atoms with E-state index >= 15 is 0 Å². The van der Waals surface area contributed by atoms with Crippen molar-refractivity contribution < 1.29 is 23.1 Å². The zero-order chi connectivity index (χ0) is 14.5. The number of nitrogens with zero attached hydrogens (tertiary/aromatic N) is 2. The van der Waals surface area contributed by atoms with Gasteiger partial charge in [0.15, 0.2) is 5.82 Å². The van der Waals surface area contributed by atoms with Gasteiger partial charge >= 0.3 is 0 Å². The summed E-state index contributed by atoms with van der Waals surface area (Å²) >= 11 is 0. The molecule has 0 amide bonds. The molecular weight excluding hydrogens is 270 g/mol. The molecule has 2 aromatic rings. The number of alkyl halides is 2. The Morgan fingerprint density at radius 2 is 2.10 bits per heavy atom. The van der Waals surface area contributed by atoms with Crippen molar-refractivity contribution in [2.45, 2.75) is 25.4 Å². The fourth-order valence-corrected chi connectivity index (χ4v) is 1.73. The Kier molecular flexibility index (Phi) is 4.62. The van der Waals surface area contributed by atoms with E-state index in [9.17, 15) is 8.78 Å². The highest BCUT2D eigenvalue weighted by Gasteiger charge is 2.21. The number of aliphatic hydroxyl groups is 1. The van der Waals surface area contributed by atoms with E-state index in [0.29, 0.717) is 18.0 Å². The van der Waals surface area contributed by atoms with Crippen LogP contribution in [0, 0.1) is 0 Å². The van der Waals surface area contributed by atoms with Crippen LogP contribution in [0.2, 0.25) is 0 Å². The van der Waals surface area contributed by atoms with Crippen molar-refractivity contribution in [2.75, 3.05) is 7.11 Å². The number of ether oxygens (including phenoxy) is 1. The van der Waals surface area contributed by atoms with Crippen LogP contribution >= 0.6 is 0 Å². The molecule has 1 aromatic carbocycles. The smallest absolute Gasteiger partial charge is 0.264 e. The zero-order valence-corrected chi connectivity index (χ0v) is 10.8. The van der Waals surface area contributed by atoms with Gasteiger partial charge in [0, 0.05) is 12.0 Å². The van der Waals surface area contributed by atoms with Crippen LogP contribution in [0.1, 0.15) is 17.3 Å². The lowest BCUT2D eigenvalue weighted by atomic mass is 10.1. The molecule has 0 aliphatic carbocycles. The summed E-state index contributed by atoms with van der Waals surface area (Å²) in [5.41, 5.74) is 0.858. The summed E-state index contributed by atoms with van der Waals surface area (Å²) in [7, 11) is 1.56. The number of methoxy groups -OCH3 is 1. The van der Waals surface area contributed by atoms with Gasteiger partial charge in [0.05, 0.1) is 13.5 Å². The lowest BCUT2D eigenvalue weighted by Gasteiger charge is -2.05. The van der Waals surface area contributed by atoms with Crippen LogP contribution in [0.25, 0.3) is 0 Å². The number of para-hydroxylation sites is 1. The van der Waals surface area contributed by atoms with Crippen LogP contribution in [-0.2, 0) is 12.8 Å². The summed E-state index contributed by atoms with van der Waals surface area (Å²) in [5.74, 6) is 1.03. The molecule has 1 aromatic heterocycles. The Labute approximate surface area is 114 Å². The van der Waals surface area contributed by atoms with Crippen molar-refractivity contribution in [3.8, 4) is 5.75 Å². The molecular formula is C13H14F2N2O3. The summed E-state index contributed by atoms with van der Waals surface area (Å²) in [4.78, 5) is 3.98. The molecule has 20 heavy (non-hydrogen) atoms. The first-order valence-electron chi connectivity index (χ1n) is 5.99. The minimum Gasteiger partial charge on any atom is -0.496 e. The second-order valence-electron chi connectivity index (χ2n) is 4.20. The highest BCUT2D eigenvalue weighted by molar-refractivity contribution is 5.35. The van der Waals surface area contributed by atoms with Gasteiger partial charge in [-0.05, 0) is 6.07 Å². The summed E-state index contributed by atoms with van der Waals surface area (Å²) in [6.45, 7) is 0. The molecule has 1 unspecified atom stereocenters. The van der Waals surface area contributed by atoms with Gasteiger partial charge in [-0.3, -0.25) is 0 Å². The van der Waals surface area contributed by atoms with Gasteiger partial charge in [-0.2, -0.15) is 4.98 Å². The van der Waals surface area contributed by atoms with E-state index in [1.54, 1.807) is 13.2 Å². The van der Waals surface area contributed by atoms with Crippen molar-refractivity contribution >= 4 is 0 Å². The van der Waals surface area contributed by atoms with Gasteiger partial charge in [-0.1, -0.05) is 23.4 Å². The normalized spacial score (nSPS) is 12.7. The third-order valence-corrected chi connectivity index (χ3v) is 2.73. The number of aromatic nitrogens is 2. The van der Waals surface area contributed by atoms with Crippen molar-refractivity contribution in [1.29, 1.82) is 0 Å². The SMILES string of the molecule is COc1ccccc1Cc1noc(CC(O)C(F)F)n1. The Bertz CT molecular complexity index is 560. The van der Waals surface area contributed by atoms with Crippen LogP contribution in [0.15, 0.2) is 28.8 Å². The van der Waals surface area contributed by atoms with Crippen LogP contribution in [-0.4, -0.2) is 34.9 Å². The summed E-state index contributed by atoms with van der Waals surface area (Å²) in [5, 5.41) is 12.8. The van der Waals surface area contributed by atoms with Crippen LogP contribution < -0.4 is 4.74 Å². The predicted octanol–water partition coefficient (Wildman–Crippen LogP) is 1.84. The number of hydrogen-bond donors (Lipinski definition) is 1. The Hall–Kier alpha value is -2.02.